The zero-order valence-electron chi connectivity index (χ0n) is 8.65. The van der Waals surface area contributed by atoms with Gasteiger partial charge in [-0.05, 0) is 0 Å². The summed E-state index contributed by atoms with van der Waals surface area (Å²) in [4.78, 5) is 10.7. The molecular weight excluding hydrogens is 225 g/mol. The lowest BCUT2D eigenvalue weighted by Crippen LogP contribution is -2.62. The number of esters is 1. The van der Waals surface area contributed by atoms with E-state index in [2.05, 4.69) is 4.74 Å². The van der Waals surface area contributed by atoms with Gasteiger partial charge in [0.15, 0.2) is 0 Å². The van der Waals surface area contributed by atoms with Gasteiger partial charge in [0.1, 0.15) is 18.3 Å². The van der Waals surface area contributed by atoms with E-state index < -0.39 is 43.2 Å². The van der Waals surface area contributed by atoms with Crippen LogP contribution in [0.5, 0.6) is 0 Å². The Bertz CT molecular complexity index is 239. The van der Waals surface area contributed by atoms with Crippen molar-refractivity contribution in [2.24, 2.45) is 5.73 Å². The summed E-state index contributed by atoms with van der Waals surface area (Å²) in [5, 5.41) is 27.7. The Balaban J connectivity index is 0.00000225. The Morgan fingerprint density at radius 2 is 2.00 bits per heavy atom. The normalized spacial score (nSPS) is 38.7. The molecule has 0 saturated carbocycles. The maximum atomic E-state index is 10.7. The van der Waals surface area contributed by atoms with Crippen molar-refractivity contribution >= 4 is 5.97 Å². The lowest BCUT2D eigenvalue weighted by atomic mass is 9.98. The van der Waals surface area contributed by atoms with Gasteiger partial charge in [0.05, 0.1) is 12.6 Å². The monoisotopic (exact) mass is 241 g/mol. The molecule has 1 aliphatic heterocycles. The van der Waals surface area contributed by atoms with Gasteiger partial charge in [-0.2, -0.15) is 0 Å². The van der Waals surface area contributed by atoms with Crippen LogP contribution in [0.4, 0.5) is 4.70 Å². The van der Waals surface area contributed by atoms with Crippen molar-refractivity contribution in [1.29, 1.82) is 0 Å². The fourth-order valence-corrected chi connectivity index (χ4v) is 1.37. The summed E-state index contributed by atoms with van der Waals surface area (Å²) in [5.41, 5.74) is 5.48. The molecule has 96 valence electrons. The van der Waals surface area contributed by atoms with Gasteiger partial charge in [-0.15, -0.1) is 0 Å². The molecule has 1 unspecified atom stereocenters. The zero-order chi connectivity index (χ0) is 11.6. The summed E-state index contributed by atoms with van der Waals surface area (Å²) in [6.45, 7) is 0.671. The minimum absolute atomic E-state index is 0. The van der Waals surface area contributed by atoms with Crippen molar-refractivity contribution in [2.75, 3.05) is 6.61 Å². The molecule has 1 fully saturated rings. The van der Waals surface area contributed by atoms with Crippen LogP contribution in [0.25, 0.3) is 0 Å². The molecule has 0 aromatic heterocycles. The third-order valence-electron chi connectivity index (χ3n) is 2.21. The SMILES string of the molecule is CC(=O)OC1O[C@H](CO)[C@H](O)[C@H](O)[C@H]1N.F. The minimum atomic E-state index is -1.31. The predicted octanol–water partition coefficient (Wildman–Crippen LogP) is -2.53. The molecule has 1 rings (SSSR count). The number of aliphatic hydroxyl groups is 3. The van der Waals surface area contributed by atoms with E-state index in [1.165, 1.54) is 6.92 Å². The van der Waals surface area contributed by atoms with E-state index in [0.29, 0.717) is 0 Å². The standard InChI is InChI=1S/C8H15NO6.FH/c1-3(11)14-8-5(9)7(13)6(12)4(2-10)15-8;/h4-8,10,12-13H,2,9H2,1H3;1H/t4-,5-,6+,7-,8?;/m1./s1. The molecule has 7 nitrogen and oxygen atoms in total. The number of hydrogen-bond acceptors (Lipinski definition) is 7. The van der Waals surface area contributed by atoms with Crippen molar-refractivity contribution in [1.82, 2.24) is 0 Å². The van der Waals surface area contributed by atoms with Gasteiger partial charge in [-0.1, -0.05) is 0 Å². The first-order chi connectivity index (χ1) is 6.97. The summed E-state index contributed by atoms with van der Waals surface area (Å²) < 4.78 is 9.70. The smallest absolute Gasteiger partial charge is 0.304 e. The van der Waals surface area contributed by atoms with Gasteiger partial charge in [0.2, 0.25) is 6.29 Å². The summed E-state index contributed by atoms with van der Waals surface area (Å²) in [6.07, 6.45) is -4.76. The van der Waals surface area contributed by atoms with Crippen LogP contribution in [-0.4, -0.2) is 58.5 Å². The molecule has 1 saturated heterocycles. The molecule has 16 heavy (non-hydrogen) atoms. The topological polar surface area (TPSA) is 122 Å². The van der Waals surface area contributed by atoms with E-state index in [0.717, 1.165) is 0 Å². The van der Waals surface area contributed by atoms with E-state index in [1.54, 1.807) is 0 Å². The Morgan fingerprint density at radius 3 is 2.44 bits per heavy atom. The first kappa shape index (κ1) is 15.2. The Morgan fingerprint density at radius 1 is 1.44 bits per heavy atom. The highest BCUT2D eigenvalue weighted by Crippen LogP contribution is 2.20. The number of halogens is 1. The van der Waals surface area contributed by atoms with Gasteiger partial charge in [-0.3, -0.25) is 9.50 Å². The molecule has 1 aliphatic rings. The number of nitrogens with two attached hydrogens (primary N) is 1. The zero-order valence-corrected chi connectivity index (χ0v) is 8.65. The third-order valence-corrected chi connectivity index (χ3v) is 2.21. The van der Waals surface area contributed by atoms with Crippen LogP contribution in [0.15, 0.2) is 0 Å². The summed E-state index contributed by atoms with van der Waals surface area (Å²) in [6, 6.07) is -1.04. The highest BCUT2D eigenvalue weighted by molar-refractivity contribution is 5.66. The Labute approximate surface area is 91.1 Å². The number of hydrogen-bond donors (Lipinski definition) is 4. The van der Waals surface area contributed by atoms with Gasteiger partial charge in [-0.25, -0.2) is 0 Å². The van der Waals surface area contributed by atoms with E-state index in [9.17, 15) is 15.0 Å². The van der Waals surface area contributed by atoms with Crippen LogP contribution in [0.3, 0.4) is 0 Å². The Hall–Kier alpha value is -0.800. The molecule has 5 N–H and O–H groups in total. The third kappa shape index (κ3) is 3.09. The van der Waals surface area contributed by atoms with Crippen LogP contribution >= 0.6 is 0 Å². The quantitative estimate of drug-likeness (QED) is 0.393. The second kappa shape index (κ2) is 6.06. The second-order valence-corrected chi connectivity index (χ2v) is 3.39. The number of ether oxygens (including phenoxy) is 2. The molecule has 8 heteroatoms. The summed E-state index contributed by atoms with van der Waals surface area (Å²) >= 11 is 0. The maximum absolute atomic E-state index is 10.7. The lowest BCUT2D eigenvalue weighted by Gasteiger charge is -2.39. The molecule has 5 atom stereocenters. The Kier molecular flexibility index (Phi) is 5.76. The fourth-order valence-electron chi connectivity index (χ4n) is 1.37. The van der Waals surface area contributed by atoms with E-state index in [-0.39, 0.29) is 4.70 Å². The van der Waals surface area contributed by atoms with Crippen LogP contribution in [0.2, 0.25) is 0 Å². The van der Waals surface area contributed by atoms with Crippen molar-refractivity contribution in [2.45, 2.75) is 37.6 Å². The van der Waals surface area contributed by atoms with E-state index >= 15 is 0 Å². The van der Waals surface area contributed by atoms with Crippen molar-refractivity contribution in [3.05, 3.63) is 0 Å². The highest BCUT2D eigenvalue weighted by Gasteiger charge is 2.43. The van der Waals surface area contributed by atoms with Gasteiger partial charge < -0.3 is 30.5 Å². The van der Waals surface area contributed by atoms with Crippen LogP contribution in [0, 0.1) is 0 Å². The molecule has 1 heterocycles. The van der Waals surface area contributed by atoms with Gasteiger partial charge >= 0.3 is 5.97 Å². The van der Waals surface area contributed by atoms with E-state index in [1.807, 2.05) is 0 Å². The van der Waals surface area contributed by atoms with Crippen LogP contribution in [0.1, 0.15) is 6.92 Å². The molecular formula is C8H16FNO6. The summed E-state index contributed by atoms with van der Waals surface area (Å²) in [7, 11) is 0. The number of carbonyl (C=O) groups excluding carboxylic acids is 1. The number of rotatable bonds is 2. The highest BCUT2D eigenvalue weighted by atomic mass is 19.0. The van der Waals surface area contributed by atoms with Gasteiger partial charge in [0, 0.05) is 6.92 Å². The molecule has 0 aromatic carbocycles. The largest absolute Gasteiger partial charge is 0.434 e. The van der Waals surface area contributed by atoms with Crippen LogP contribution in [-0.2, 0) is 14.3 Å². The number of aliphatic hydroxyl groups excluding tert-OH is 3. The molecule has 0 aromatic rings. The maximum Gasteiger partial charge on any atom is 0.304 e. The van der Waals surface area contributed by atoms with Crippen molar-refractivity contribution in [3.63, 3.8) is 0 Å². The summed E-state index contributed by atoms with van der Waals surface area (Å²) in [5.74, 6) is -0.615. The van der Waals surface area contributed by atoms with Crippen molar-refractivity contribution < 1.29 is 34.3 Å². The second-order valence-electron chi connectivity index (χ2n) is 3.39. The molecule has 0 aliphatic carbocycles. The molecule has 0 bridgehead atoms. The molecule has 0 amide bonds. The molecule has 0 radical (unpaired) electrons. The van der Waals surface area contributed by atoms with Crippen LogP contribution < -0.4 is 5.73 Å². The fraction of sp³-hybridized carbons (Fsp3) is 0.875. The van der Waals surface area contributed by atoms with Crippen molar-refractivity contribution in [3.8, 4) is 0 Å². The molecule has 0 spiro atoms. The average Bonchev–Trinajstić information content (AvgIpc) is 2.18. The lowest BCUT2D eigenvalue weighted by molar-refractivity contribution is -0.258. The van der Waals surface area contributed by atoms with E-state index in [4.69, 9.17) is 15.6 Å². The minimum Gasteiger partial charge on any atom is -0.434 e. The first-order valence-electron chi connectivity index (χ1n) is 4.52. The number of carbonyl (C=O) groups is 1. The average molecular weight is 241 g/mol. The first-order valence-corrected chi connectivity index (χ1v) is 4.52. The van der Waals surface area contributed by atoms with Gasteiger partial charge in [0.25, 0.3) is 0 Å². The predicted molar refractivity (Wildman–Crippen MR) is 50.0 cm³/mol.